The lowest BCUT2D eigenvalue weighted by Gasteiger charge is -2.36. The molecule has 3 rings (SSSR count). The Balaban J connectivity index is 1.91. The Morgan fingerprint density at radius 1 is 1.29 bits per heavy atom. The number of fused-ring (bicyclic) bond motifs is 1. The molecule has 2 heterocycles. The minimum Gasteiger partial charge on any atom is -0.358 e. The number of rotatable bonds is 2. The highest BCUT2D eigenvalue weighted by Crippen LogP contribution is 2.47. The Morgan fingerprint density at radius 3 is 2.76 bits per heavy atom. The van der Waals surface area contributed by atoms with Gasteiger partial charge in [0.25, 0.3) is 0 Å². The molecule has 2 nitrogen and oxygen atoms in total. The number of ether oxygens (including phenoxy) is 1. The molecule has 2 aliphatic rings. The SMILES string of the molecule is CC(C)[C@]12CCCN1[C@H](c1ccccc1)CO2. The van der Waals surface area contributed by atoms with Crippen LogP contribution in [0.2, 0.25) is 0 Å². The van der Waals surface area contributed by atoms with E-state index >= 15 is 0 Å². The molecule has 0 N–H and O–H groups in total. The molecule has 2 fully saturated rings. The van der Waals surface area contributed by atoms with E-state index in [4.69, 9.17) is 4.74 Å². The van der Waals surface area contributed by atoms with Crippen molar-refractivity contribution in [3.8, 4) is 0 Å². The van der Waals surface area contributed by atoms with Gasteiger partial charge < -0.3 is 4.74 Å². The van der Waals surface area contributed by atoms with E-state index in [0.29, 0.717) is 12.0 Å². The maximum Gasteiger partial charge on any atom is 0.124 e. The highest BCUT2D eigenvalue weighted by Gasteiger charge is 2.52. The first-order chi connectivity index (χ1) is 8.24. The number of hydrogen-bond donors (Lipinski definition) is 0. The lowest BCUT2D eigenvalue weighted by molar-refractivity contribution is -0.0966. The summed E-state index contributed by atoms with van der Waals surface area (Å²) in [5, 5.41) is 0. The number of hydrogen-bond acceptors (Lipinski definition) is 2. The molecule has 0 bridgehead atoms. The van der Waals surface area contributed by atoms with Crippen LogP contribution in [0.3, 0.4) is 0 Å². The van der Waals surface area contributed by atoms with Crippen LogP contribution < -0.4 is 0 Å². The van der Waals surface area contributed by atoms with Crippen LogP contribution in [0.25, 0.3) is 0 Å². The van der Waals surface area contributed by atoms with Gasteiger partial charge in [0.15, 0.2) is 0 Å². The standard InChI is InChI=1S/C15H21NO/c1-12(2)15-9-6-10-16(15)14(11-17-15)13-7-4-3-5-8-13/h3-5,7-8,12,14H,6,9-11H2,1-2H3/t14-,15+/m0/s1. The zero-order chi connectivity index (χ0) is 11.9. The minimum atomic E-state index is 0.0144. The van der Waals surface area contributed by atoms with Crippen molar-refractivity contribution in [2.24, 2.45) is 5.92 Å². The summed E-state index contributed by atoms with van der Waals surface area (Å²) >= 11 is 0. The Hall–Kier alpha value is -0.860. The summed E-state index contributed by atoms with van der Waals surface area (Å²) in [5.41, 5.74) is 1.41. The summed E-state index contributed by atoms with van der Waals surface area (Å²) in [4.78, 5) is 2.59. The van der Waals surface area contributed by atoms with E-state index in [0.717, 1.165) is 6.61 Å². The van der Waals surface area contributed by atoms with Crippen molar-refractivity contribution in [3.63, 3.8) is 0 Å². The molecule has 0 aliphatic carbocycles. The van der Waals surface area contributed by atoms with Gasteiger partial charge in [-0.3, -0.25) is 4.90 Å². The number of nitrogens with zero attached hydrogens (tertiary/aromatic N) is 1. The Morgan fingerprint density at radius 2 is 2.06 bits per heavy atom. The molecule has 92 valence electrons. The van der Waals surface area contributed by atoms with Crippen LogP contribution in [0.1, 0.15) is 38.3 Å². The van der Waals surface area contributed by atoms with Gasteiger partial charge in [-0.25, -0.2) is 0 Å². The van der Waals surface area contributed by atoms with Crippen LogP contribution >= 0.6 is 0 Å². The van der Waals surface area contributed by atoms with Crippen molar-refractivity contribution in [2.45, 2.75) is 38.5 Å². The molecule has 1 aromatic rings. The van der Waals surface area contributed by atoms with Crippen molar-refractivity contribution in [3.05, 3.63) is 35.9 Å². The summed E-state index contributed by atoms with van der Waals surface area (Å²) < 4.78 is 6.22. The van der Waals surface area contributed by atoms with E-state index in [-0.39, 0.29) is 5.72 Å². The lowest BCUT2D eigenvalue weighted by Crippen LogP contribution is -2.44. The van der Waals surface area contributed by atoms with Crippen molar-refractivity contribution in [1.29, 1.82) is 0 Å². The topological polar surface area (TPSA) is 12.5 Å². The van der Waals surface area contributed by atoms with Crippen molar-refractivity contribution >= 4 is 0 Å². The molecular weight excluding hydrogens is 210 g/mol. The minimum absolute atomic E-state index is 0.0144. The van der Waals surface area contributed by atoms with Gasteiger partial charge in [0, 0.05) is 6.54 Å². The summed E-state index contributed by atoms with van der Waals surface area (Å²) in [6, 6.07) is 11.2. The molecular formula is C15H21NO. The van der Waals surface area contributed by atoms with E-state index in [1.54, 1.807) is 0 Å². The Kier molecular flexibility index (Phi) is 2.72. The van der Waals surface area contributed by atoms with E-state index in [1.165, 1.54) is 24.9 Å². The first kappa shape index (κ1) is 11.2. The largest absolute Gasteiger partial charge is 0.358 e. The van der Waals surface area contributed by atoms with Gasteiger partial charge >= 0.3 is 0 Å². The monoisotopic (exact) mass is 231 g/mol. The van der Waals surface area contributed by atoms with Crippen molar-refractivity contribution in [2.75, 3.05) is 13.2 Å². The molecule has 2 aliphatic heterocycles. The lowest BCUT2D eigenvalue weighted by atomic mass is 9.96. The Bertz CT molecular complexity index is 389. The maximum absolute atomic E-state index is 6.22. The van der Waals surface area contributed by atoms with Crippen LogP contribution in [-0.2, 0) is 4.74 Å². The third-order valence-corrected chi connectivity index (χ3v) is 4.37. The molecule has 1 aromatic carbocycles. The fourth-order valence-corrected chi connectivity index (χ4v) is 3.46. The zero-order valence-corrected chi connectivity index (χ0v) is 10.7. The average molecular weight is 231 g/mol. The first-order valence-corrected chi connectivity index (χ1v) is 6.70. The van der Waals surface area contributed by atoms with Crippen LogP contribution in [0.15, 0.2) is 30.3 Å². The van der Waals surface area contributed by atoms with Gasteiger partial charge in [-0.1, -0.05) is 44.2 Å². The smallest absolute Gasteiger partial charge is 0.124 e. The number of benzene rings is 1. The van der Waals surface area contributed by atoms with Gasteiger partial charge in [-0.2, -0.15) is 0 Å². The molecule has 0 saturated carbocycles. The highest BCUT2D eigenvalue weighted by molar-refractivity contribution is 5.21. The Labute approximate surface area is 104 Å². The van der Waals surface area contributed by atoms with Gasteiger partial charge in [0.1, 0.15) is 5.72 Å². The van der Waals surface area contributed by atoms with Crippen molar-refractivity contribution in [1.82, 2.24) is 4.90 Å². The van der Waals surface area contributed by atoms with E-state index in [9.17, 15) is 0 Å². The maximum atomic E-state index is 6.22. The molecule has 0 unspecified atom stereocenters. The molecule has 2 atom stereocenters. The second-order valence-corrected chi connectivity index (χ2v) is 5.53. The van der Waals surface area contributed by atoms with Crippen molar-refractivity contribution < 1.29 is 4.74 Å². The van der Waals surface area contributed by atoms with Gasteiger partial charge in [0.05, 0.1) is 12.6 Å². The summed E-state index contributed by atoms with van der Waals surface area (Å²) in [6.07, 6.45) is 2.45. The van der Waals surface area contributed by atoms with Gasteiger partial charge in [-0.15, -0.1) is 0 Å². The normalized spacial score (nSPS) is 33.2. The third-order valence-electron chi connectivity index (χ3n) is 4.37. The van der Waals surface area contributed by atoms with E-state index < -0.39 is 0 Å². The molecule has 0 spiro atoms. The molecule has 2 saturated heterocycles. The zero-order valence-electron chi connectivity index (χ0n) is 10.7. The predicted octanol–water partition coefficient (Wildman–Crippen LogP) is 3.21. The van der Waals surface area contributed by atoms with E-state index in [2.05, 4.69) is 49.1 Å². The fraction of sp³-hybridized carbons (Fsp3) is 0.600. The van der Waals surface area contributed by atoms with Crippen LogP contribution in [-0.4, -0.2) is 23.8 Å². The average Bonchev–Trinajstić information content (AvgIpc) is 2.88. The second kappa shape index (κ2) is 4.11. The first-order valence-electron chi connectivity index (χ1n) is 6.70. The summed E-state index contributed by atoms with van der Waals surface area (Å²) in [6.45, 7) is 6.59. The quantitative estimate of drug-likeness (QED) is 0.775. The third kappa shape index (κ3) is 1.62. The predicted molar refractivity (Wildman–Crippen MR) is 68.6 cm³/mol. The summed E-state index contributed by atoms with van der Waals surface area (Å²) in [7, 11) is 0. The highest BCUT2D eigenvalue weighted by atomic mass is 16.5. The molecule has 0 aromatic heterocycles. The van der Waals surface area contributed by atoms with Gasteiger partial charge in [-0.05, 0) is 24.3 Å². The van der Waals surface area contributed by atoms with Gasteiger partial charge in [0.2, 0.25) is 0 Å². The second-order valence-electron chi connectivity index (χ2n) is 5.53. The molecule has 0 amide bonds. The fourth-order valence-electron chi connectivity index (χ4n) is 3.46. The van der Waals surface area contributed by atoms with Crippen LogP contribution in [0.4, 0.5) is 0 Å². The summed E-state index contributed by atoms with van der Waals surface area (Å²) in [5.74, 6) is 0.568. The van der Waals surface area contributed by atoms with E-state index in [1.807, 2.05) is 0 Å². The molecule has 2 heteroatoms. The molecule has 0 radical (unpaired) electrons. The molecule has 17 heavy (non-hydrogen) atoms. The van der Waals surface area contributed by atoms with Crippen LogP contribution in [0, 0.1) is 5.92 Å². The van der Waals surface area contributed by atoms with Crippen LogP contribution in [0.5, 0.6) is 0 Å².